The first-order valence-electron chi connectivity index (χ1n) is 6.50. The van der Waals surface area contributed by atoms with Gasteiger partial charge in [0.25, 0.3) is 0 Å². The van der Waals surface area contributed by atoms with Crippen molar-refractivity contribution < 1.29 is 29.3 Å². The van der Waals surface area contributed by atoms with E-state index in [-0.39, 0.29) is 18.7 Å². The van der Waals surface area contributed by atoms with Gasteiger partial charge in [-0.05, 0) is 13.8 Å². The Morgan fingerprint density at radius 3 is 2.05 bits per heavy atom. The number of ether oxygens (including phenoxy) is 1. The second-order valence-electron chi connectivity index (χ2n) is 4.68. The molecule has 0 aliphatic heterocycles. The first-order chi connectivity index (χ1) is 9.24. The number of ketones is 1. The lowest BCUT2D eigenvalue weighted by atomic mass is 9.92. The van der Waals surface area contributed by atoms with Crippen LogP contribution in [0.2, 0.25) is 0 Å². The summed E-state index contributed by atoms with van der Waals surface area (Å²) in [6.07, 6.45) is -2.30. The average Bonchev–Trinajstić information content (AvgIpc) is 2.39. The molecule has 0 aliphatic rings. The van der Waals surface area contributed by atoms with Crippen molar-refractivity contribution in [1.82, 2.24) is 5.32 Å². The molecule has 0 aromatic heterocycles. The number of nitrogens with one attached hydrogen (secondary N) is 1. The number of carbonyl (C=O) groups excluding carboxylic acids is 3. The van der Waals surface area contributed by atoms with E-state index in [1.807, 2.05) is 0 Å². The van der Waals surface area contributed by atoms with Crippen molar-refractivity contribution in [2.75, 3.05) is 7.11 Å². The van der Waals surface area contributed by atoms with Crippen LogP contribution in [0.3, 0.4) is 0 Å². The monoisotopic (exact) mass is 289 g/mol. The van der Waals surface area contributed by atoms with Gasteiger partial charge in [-0.15, -0.1) is 0 Å². The number of hydrogen-bond acceptors (Lipinski definition) is 6. The van der Waals surface area contributed by atoms with Gasteiger partial charge in [0, 0.05) is 12.8 Å². The van der Waals surface area contributed by atoms with Gasteiger partial charge in [0.05, 0.1) is 25.2 Å². The van der Waals surface area contributed by atoms with Gasteiger partial charge in [-0.3, -0.25) is 14.4 Å². The summed E-state index contributed by atoms with van der Waals surface area (Å²) in [6, 6.07) is -1.10. The van der Waals surface area contributed by atoms with E-state index in [1.54, 1.807) is 6.92 Å². The third kappa shape index (κ3) is 5.66. The molecule has 116 valence electrons. The summed E-state index contributed by atoms with van der Waals surface area (Å²) >= 11 is 0. The van der Waals surface area contributed by atoms with Crippen LogP contribution in [0, 0.1) is 5.92 Å². The number of amides is 1. The maximum absolute atomic E-state index is 12.1. The molecule has 0 radical (unpaired) electrons. The highest BCUT2D eigenvalue weighted by Gasteiger charge is 2.32. The van der Waals surface area contributed by atoms with Crippen LogP contribution in [-0.2, 0) is 19.1 Å². The van der Waals surface area contributed by atoms with Crippen LogP contribution in [-0.4, -0.2) is 53.2 Å². The molecule has 20 heavy (non-hydrogen) atoms. The van der Waals surface area contributed by atoms with E-state index in [1.165, 1.54) is 13.8 Å². The second kappa shape index (κ2) is 8.65. The highest BCUT2D eigenvalue weighted by atomic mass is 16.5. The van der Waals surface area contributed by atoms with E-state index in [0.717, 1.165) is 7.11 Å². The van der Waals surface area contributed by atoms with Gasteiger partial charge < -0.3 is 20.3 Å². The molecule has 7 heteroatoms. The lowest BCUT2D eigenvalue weighted by molar-refractivity contribution is -0.151. The molecule has 0 bridgehead atoms. The molecule has 0 spiro atoms. The summed E-state index contributed by atoms with van der Waals surface area (Å²) in [5.41, 5.74) is 0. The molecule has 4 unspecified atom stereocenters. The normalized spacial score (nSPS) is 16.7. The zero-order valence-electron chi connectivity index (χ0n) is 12.3. The van der Waals surface area contributed by atoms with E-state index in [0.29, 0.717) is 0 Å². The van der Waals surface area contributed by atoms with Crippen molar-refractivity contribution >= 4 is 17.7 Å². The number of carbonyl (C=O) groups is 3. The minimum absolute atomic E-state index is 0.174. The zero-order chi connectivity index (χ0) is 15.9. The predicted octanol–water partition coefficient (Wildman–Crippen LogP) is -0.609. The Bertz CT molecular complexity index is 353. The zero-order valence-corrected chi connectivity index (χ0v) is 12.3. The Hall–Kier alpha value is -1.47. The van der Waals surface area contributed by atoms with Crippen molar-refractivity contribution in [1.29, 1.82) is 0 Å². The van der Waals surface area contributed by atoms with Crippen molar-refractivity contribution in [2.24, 2.45) is 5.92 Å². The van der Waals surface area contributed by atoms with Gasteiger partial charge in [-0.2, -0.15) is 0 Å². The van der Waals surface area contributed by atoms with E-state index < -0.39 is 35.9 Å². The lowest BCUT2D eigenvalue weighted by Crippen LogP contribution is -2.48. The van der Waals surface area contributed by atoms with Crippen LogP contribution in [0.25, 0.3) is 0 Å². The van der Waals surface area contributed by atoms with Gasteiger partial charge in [0.1, 0.15) is 6.04 Å². The minimum Gasteiger partial charge on any atom is -0.469 e. The quantitative estimate of drug-likeness (QED) is 0.514. The first kappa shape index (κ1) is 18.5. The highest BCUT2D eigenvalue weighted by molar-refractivity contribution is 5.92. The van der Waals surface area contributed by atoms with Gasteiger partial charge in [0.15, 0.2) is 5.78 Å². The summed E-state index contributed by atoms with van der Waals surface area (Å²) in [7, 11) is 1.16. The molecule has 0 aliphatic carbocycles. The lowest BCUT2D eigenvalue weighted by Gasteiger charge is -2.23. The number of esters is 1. The number of aliphatic hydroxyl groups is 2. The van der Waals surface area contributed by atoms with Crippen molar-refractivity contribution in [3.8, 4) is 0 Å². The van der Waals surface area contributed by atoms with Gasteiger partial charge in [0.2, 0.25) is 5.91 Å². The molecule has 0 aromatic carbocycles. The number of methoxy groups -OCH3 is 1. The molecule has 0 heterocycles. The number of Topliss-reactive ketones (excluding diaryl/α,β-unsaturated/α-hetero) is 1. The number of aliphatic hydroxyl groups excluding tert-OH is 2. The summed E-state index contributed by atoms with van der Waals surface area (Å²) < 4.78 is 4.52. The molecular formula is C13H23NO6. The van der Waals surface area contributed by atoms with E-state index in [9.17, 15) is 24.6 Å². The van der Waals surface area contributed by atoms with Gasteiger partial charge in [-0.1, -0.05) is 6.92 Å². The van der Waals surface area contributed by atoms with E-state index in [4.69, 9.17) is 0 Å². The molecular weight excluding hydrogens is 266 g/mol. The molecule has 7 nitrogen and oxygen atoms in total. The molecule has 1 amide bonds. The number of hydrogen-bond donors (Lipinski definition) is 3. The maximum Gasteiger partial charge on any atom is 0.311 e. The Balaban J connectivity index is 4.89. The van der Waals surface area contributed by atoms with E-state index in [2.05, 4.69) is 10.1 Å². The van der Waals surface area contributed by atoms with Crippen LogP contribution in [0.4, 0.5) is 0 Å². The second-order valence-corrected chi connectivity index (χ2v) is 4.68. The van der Waals surface area contributed by atoms with Crippen LogP contribution in [0.15, 0.2) is 0 Å². The minimum atomic E-state index is -1.10. The maximum atomic E-state index is 12.1. The molecule has 0 aromatic rings. The average molecular weight is 289 g/mol. The fourth-order valence-corrected chi connectivity index (χ4v) is 1.69. The third-order valence-corrected chi connectivity index (χ3v) is 2.97. The van der Waals surface area contributed by atoms with Crippen molar-refractivity contribution in [2.45, 2.75) is 51.9 Å². The molecule has 0 rings (SSSR count). The van der Waals surface area contributed by atoms with Gasteiger partial charge in [-0.25, -0.2) is 0 Å². The molecule has 0 saturated heterocycles. The molecule has 3 N–H and O–H groups in total. The van der Waals surface area contributed by atoms with Gasteiger partial charge >= 0.3 is 5.97 Å². The van der Waals surface area contributed by atoms with Crippen molar-refractivity contribution in [3.05, 3.63) is 0 Å². The first-order valence-corrected chi connectivity index (χ1v) is 6.50. The summed E-state index contributed by atoms with van der Waals surface area (Å²) in [5, 5.41) is 21.5. The third-order valence-electron chi connectivity index (χ3n) is 2.97. The standard InChI is InChI=1S/C13H23NO6/c1-5-11(18)14-12(8(3)16)10(17)6-9(7(2)15)13(19)20-4/h7-9,12,15-16H,5-6H2,1-4H3,(H,14,18). The number of rotatable bonds is 8. The fourth-order valence-electron chi connectivity index (χ4n) is 1.69. The topological polar surface area (TPSA) is 113 Å². The Morgan fingerprint density at radius 1 is 1.15 bits per heavy atom. The Morgan fingerprint density at radius 2 is 1.70 bits per heavy atom. The summed E-state index contributed by atoms with van der Waals surface area (Å²) in [4.78, 5) is 34.9. The summed E-state index contributed by atoms with van der Waals surface area (Å²) in [6.45, 7) is 4.36. The van der Waals surface area contributed by atoms with Crippen LogP contribution in [0.1, 0.15) is 33.6 Å². The van der Waals surface area contributed by atoms with Crippen LogP contribution < -0.4 is 5.32 Å². The molecule has 4 atom stereocenters. The molecule has 0 saturated carbocycles. The van der Waals surface area contributed by atoms with Crippen molar-refractivity contribution in [3.63, 3.8) is 0 Å². The SMILES string of the molecule is CCC(=O)NC(C(=O)CC(C(=O)OC)C(C)O)C(C)O. The fraction of sp³-hybridized carbons (Fsp3) is 0.769. The molecule has 0 fully saturated rings. The van der Waals surface area contributed by atoms with E-state index >= 15 is 0 Å². The Kier molecular flexibility index (Phi) is 8.02. The van der Waals surface area contributed by atoms with Crippen LogP contribution >= 0.6 is 0 Å². The predicted molar refractivity (Wildman–Crippen MR) is 70.7 cm³/mol. The Labute approximate surface area is 118 Å². The van der Waals surface area contributed by atoms with Crippen LogP contribution in [0.5, 0.6) is 0 Å². The summed E-state index contributed by atoms with van der Waals surface area (Å²) in [5.74, 6) is -2.64. The smallest absolute Gasteiger partial charge is 0.311 e. The highest BCUT2D eigenvalue weighted by Crippen LogP contribution is 2.14. The largest absolute Gasteiger partial charge is 0.469 e.